The third kappa shape index (κ3) is 8.71. The summed E-state index contributed by atoms with van der Waals surface area (Å²) in [5.74, 6) is -1.88. The van der Waals surface area contributed by atoms with E-state index in [1.807, 2.05) is 19.1 Å². The predicted octanol–water partition coefficient (Wildman–Crippen LogP) is 6.21. The van der Waals surface area contributed by atoms with Crippen LogP contribution in [0.4, 0.5) is 0 Å². The number of allylic oxidation sites excluding steroid dienone is 1. The van der Waals surface area contributed by atoms with Gasteiger partial charge >= 0.3 is 23.9 Å². The largest absolute Gasteiger partial charge is 0.393 e. The minimum atomic E-state index is -0.491. The molecule has 1 saturated carbocycles. The molecule has 0 bridgehead atoms. The van der Waals surface area contributed by atoms with Gasteiger partial charge in [-0.05, 0) is 32.6 Å². The van der Waals surface area contributed by atoms with Crippen molar-refractivity contribution in [3.8, 4) is 0 Å². The highest BCUT2D eigenvalue weighted by atomic mass is 16.6. The summed E-state index contributed by atoms with van der Waals surface area (Å²) in [5.41, 5.74) is -0.491. The second-order valence-corrected chi connectivity index (χ2v) is 9.93. The fourth-order valence-electron chi connectivity index (χ4n) is 4.88. The minimum absolute atomic E-state index is 0.154. The molecule has 6 nitrogen and oxygen atoms in total. The number of carbonyl (C=O) groups is 4. The summed E-state index contributed by atoms with van der Waals surface area (Å²) in [4.78, 5) is 44.6. The van der Waals surface area contributed by atoms with Crippen LogP contribution in [0.15, 0.2) is 12.2 Å². The topological polar surface area (TPSA) is 86.7 Å². The molecule has 0 amide bonds. The number of carbonyl (C=O) groups excluding carboxylic acids is 4. The molecule has 0 aromatic carbocycles. The zero-order chi connectivity index (χ0) is 24.1. The van der Waals surface area contributed by atoms with Crippen LogP contribution in [0.2, 0.25) is 0 Å². The van der Waals surface area contributed by atoms with Crippen molar-refractivity contribution in [2.24, 2.45) is 17.3 Å². The molecule has 0 aromatic heterocycles. The van der Waals surface area contributed by atoms with Gasteiger partial charge in [0, 0.05) is 0 Å². The number of hydrogen-bond acceptors (Lipinski definition) is 6. The lowest BCUT2D eigenvalue weighted by atomic mass is 9.69. The fourth-order valence-corrected chi connectivity index (χ4v) is 4.88. The Morgan fingerprint density at radius 3 is 2.06 bits per heavy atom. The van der Waals surface area contributed by atoms with Gasteiger partial charge in [-0.3, -0.25) is 19.2 Å². The third-order valence-electron chi connectivity index (χ3n) is 7.15. The average Bonchev–Trinajstić information content (AvgIpc) is 3.23. The van der Waals surface area contributed by atoms with E-state index < -0.39 is 11.4 Å². The first-order valence-corrected chi connectivity index (χ1v) is 13.1. The van der Waals surface area contributed by atoms with Crippen molar-refractivity contribution in [2.75, 3.05) is 0 Å². The van der Waals surface area contributed by atoms with E-state index in [1.165, 1.54) is 64.2 Å². The second kappa shape index (κ2) is 14.3. The van der Waals surface area contributed by atoms with Gasteiger partial charge in [0.25, 0.3) is 0 Å². The molecule has 0 spiro atoms. The summed E-state index contributed by atoms with van der Waals surface area (Å²) in [6.07, 6.45) is 22.1. The standard InChI is InChI=1S/C18H30O3.C9H12O3/c1-2-3-4-5-6-7-8-9-10-11-12-13-14-16-15-17(19)21-18(16)20;1-9-5-3-2-4-6(9)7(10)12-8(9)11/h13-14,16H,2-12,15H2,1H3;6H,2-5H2,1H3. The van der Waals surface area contributed by atoms with Gasteiger partial charge in [0.2, 0.25) is 0 Å². The van der Waals surface area contributed by atoms with Crippen LogP contribution in [-0.2, 0) is 28.7 Å². The lowest BCUT2D eigenvalue weighted by Crippen LogP contribution is -2.33. The van der Waals surface area contributed by atoms with Gasteiger partial charge in [-0.2, -0.15) is 0 Å². The number of hydrogen-bond donors (Lipinski definition) is 0. The van der Waals surface area contributed by atoms with Crippen molar-refractivity contribution in [3.05, 3.63) is 12.2 Å². The molecule has 0 aromatic rings. The lowest BCUT2D eigenvalue weighted by molar-refractivity contribution is -0.156. The van der Waals surface area contributed by atoms with Crippen LogP contribution in [-0.4, -0.2) is 23.9 Å². The normalized spacial score (nSPS) is 26.7. The van der Waals surface area contributed by atoms with Crippen molar-refractivity contribution in [3.63, 3.8) is 0 Å². The average molecular weight is 463 g/mol. The number of ether oxygens (including phenoxy) is 2. The first-order chi connectivity index (χ1) is 15.9. The molecule has 2 aliphatic heterocycles. The Balaban J connectivity index is 0.000000268. The van der Waals surface area contributed by atoms with E-state index in [2.05, 4.69) is 16.4 Å². The van der Waals surface area contributed by atoms with Crippen molar-refractivity contribution in [1.82, 2.24) is 0 Å². The summed E-state index contributed by atoms with van der Waals surface area (Å²) in [6, 6.07) is 0. The SMILES string of the molecule is CC12CCCCC1C(=O)OC2=O.CCCCCCCCCCCCC=CC1CC(=O)OC1=O. The second-order valence-electron chi connectivity index (χ2n) is 9.93. The van der Waals surface area contributed by atoms with Gasteiger partial charge < -0.3 is 9.47 Å². The first-order valence-electron chi connectivity index (χ1n) is 13.1. The van der Waals surface area contributed by atoms with Crippen LogP contribution in [0.1, 0.15) is 117 Å². The van der Waals surface area contributed by atoms with Gasteiger partial charge in [0.15, 0.2) is 0 Å². The number of cyclic esters (lactones) is 4. The summed E-state index contributed by atoms with van der Waals surface area (Å²) >= 11 is 0. The smallest absolute Gasteiger partial charge is 0.321 e. The molecule has 3 aliphatic rings. The highest BCUT2D eigenvalue weighted by Crippen LogP contribution is 2.46. The van der Waals surface area contributed by atoms with Crippen molar-refractivity contribution in [1.29, 1.82) is 0 Å². The molecule has 33 heavy (non-hydrogen) atoms. The van der Waals surface area contributed by atoms with Crippen LogP contribution < -0.4 is 0 Å². The van der Waals surface area contributed by atoms with Gasteiger partial charge in [-0.15, -0.1) is 0 Å². The summed E-state index contributed by atoms with van der Waals surface area (Å²) in [6.45, 7) is 4.10. The Morgan fingerprint density at radius 1 is 0.848 bits per heavy atom. The van der Waals surface area contributed by atoms with Gasteiger partial charge in [-0.25, -0.2) is 0 Å². The zero-order valence-corrected chi connectivity index (χ0v) is 20.6. The van der Waals surface area contributed by atoms with Crippen LogP contribution >= 0.6 is 0 Å². The molecular formula is C27H42O6. The van der Waals surface area contributed by atoms with Crippen LogP contribution in [0.3, 0.4) is 0 Å². The van der Waals surface area contributed by atoms with E-state index in [-0.39, 0.29) is 36.2 Å². The van der Waals surface area contributed by atoms with E-state index >= 15 is 0 Å². The maximum Gasteiger partial charge on any atom is 0.321 e. The Kier molecular flexibility index (Phi) is 11.8. The Bertz CT molecular complexity index is 697. The molecule has 3 rings (SSSR count). The predicted molar refractivity (Wildman–Crippen MR) is 126 cm³/mol. The van der Waals surface area contributed by atoms with Crippen molar-refractivity contribution in [2.45, 2.75) is 117 Å². The summed E-state index contributed by atoms with van der Waals surface area (Å²) in [7, 11) is 0. The van der Waals surface area contributed by atoms with Gasteiger partial charge in [0.1, 0.15) is 0 Å². The number of unbranched alkanes of at least 4 members (excludes halogenated alkanes) is 10. The maximum atomic E-state index is 11.3. The van der Waals surface area contributed by atoms with E-state index in [9.17, 15) is 19.2 Å². The molecule has 3 atom stereocenters. The Labute approximate surface area is 198 Å². The molecule has 6 heteroatoms. The van der Waals surface area contributed by atoms with Gasteiger partial charge in [0.05, 0.1) is 23.7 Å². The molecule has 1 aliphatic carbocycles. The zero-order valence-electron chi connectivity index (χ0n) is 20.6. The molecule has 0 N–H and O–H groups in total. The van der Waals surface area contributed by atoms with Crippen LogP contribution in [0.25, 0.3) is 0 Å². The van der Waals surface area contributed by atoms with E-state index in [4.69, 9.17) is 0 Å². The monoisotopic (exact) mass is 462 g/mol. The third-order valence-corrected chi connectivity index (χ3v) is 7.15. The minimum Gasteiger partial charge on any atom is -0.393 e. The number of esters is 4. The molecule has 0 radical (unpaired) electrons. The number of rotatable bonds is 12. The molecule has 3 unspecified atom stereocenters. The van der Waals surface area contributed by atoms with Gasteiger partial charge in [-0.1, -0.05) is 89.7 Å². The van der Waals surface area contributed by atoms with Crippen LogP contribution in [0.5, 0.6) is 0 Å². The van der Waals surface area contributed by atoms with E-state index in [0.717, 1.165) is 32.1 Å². The van der Waals surface area contributed by atoms with Crippen molar-refractivity contribution < 1.29 is 28.7 Å². The summed E-state index contributed by atoms with van der Waals surface area (Å²) < 4.78 is 9.14. The maximum absolute atomic E-state index is 11.3. The Morgan fingerprint density at radius 2 is 1.48 bits per heavy atom. The molecule has 186 valence electrons. The molecule has 2 saturated heterocycles. The Hall–Kier alpha value is -1.98. The van der Waals surface area contributed by atoms with E-state index in [1.54, 1.807) is 0 Å². The summed E-state index contributed by atoms with van der Waals surface area (Å²) in [5, 5.41) is 0. The van der Waals surface area contributed by atoms with Crippen molar-refractivity contribution >= 4 is 23.9 Å². The number of fused-ring (bicyclic) bond motifs is 1. The fraction of sp³-hybridized carbons (Fsp3) is 0.778. The molecule has 2 heterocycles. The van der Waals surface area contributed by atoms with Crippen LogP contribution in [0, 0.1) is 17.3 Å². The highest BCUT2D eigenvalue weighted by molar-refractivity contribution is 5.99. The quantitative estimate of drug-likeness (QED) is 0.148. The lowest BCUT2D eigenvalue weighted by Gasteiger charge is -2.29. The first kappa shape index (κ1) is 27.3. The molecule has 3 fully saturated rings. The van der Waals surface area contributed by atoms with E-state index in [0.29, 0.717) is 0 Å². The molecular weight excluding hydrogens is 420 g/mol. The highest BCUT2D eigenvalue weighted by Gasteiger charge is 2.54.